The Labute approximate surface area is 101 Å². The molecule has 6 heteroatoms. The fourth-order valence-electron chi connectivity index (χ4n) is 1.15. The summed E-state index contributed by atoms with van der Waals surface area (Å²) in [6, 6.07) is 0. The number of carbonyl (C=O) groups excluding carboxylic acids is 1. The first kappa shape index (κ1) is 12.9. The minimum Gasteiger partial charge on any atom is -0.463 e. The summed E-state index contributed by atoms with van der Waals surface area (Å²) < 4.78 is 4.85. The van der Waals surface area contributed by atoms with Crippen LogP contribution in [0.15, 0.2) is 9.27 Å². The Hall–Kier alpha value is -1.17. The Balaban J connectivity index is 3.46. The molecule has 0 amide bonds. The Kier molecular flexibility index (Phi) is 3.52. The van der Waals surface area contributed by atoms with E-state index in [9.17, 15) is 9.59 Å². The minimum absolute atomic E-state index is 0.0828. The van der Waals surface area contributed by atoms with Gasteiger partial charge >= 0.3 is 5.97 Å². The van der Waals surface area contributed by atoms with E-state index < -0.39 is 5.97 Å². The molecule has 0 aliphatic rings. The van der Waals surface area contributed by atoms with Crippen LogP contribution >= 0.6 is 15.9 Å². The molecule has 0 fully saturated rings. The van der Waals surface area contributed by atoms with E-state index in [0.29, 0.717) is 10.2 Å². The molecule has 0 aromatic carbocycles. The van der Waals surface area contributed by atoms with Crippen molar-refractivity contribution in [3.63, 3.8) is 0 Å². The highest BCUT2D eigenvalue weighted by Gasteiger charge is 2.23. The van der Waals surface area contributed by atoms with Crippen LogP contribution in [0.25, 0.3) is 0 Å². The number of rotatable bonds is 1. The summed E-state index contributed by atoms with van der Waals surface area (Å²) in [5.74, 6) is -0.740. The summed E-state index contributed by atoms with van der Waals surface area (Å²) in [6.45, 7) is 5.71. The smallest absolute Gasteiger partial charge is 0.374 e. The Morgan fingerprint density at radius 2 is 2.00 bits per heavy atom. The van der Waals surface area contributed by atoms with Gasteiger partial charge in [0.1, 0.15) is 4.47 Å². The molecule has 0 bridgehead atoms. The largest absolute Gasteiger partial charge is 0.463 e. The van der Waals surface area contributed by atoms with Gasteiger partial charge in [-0.3, -0.25) is 9.78 Å². The molecule has 1 heterocycles. The van der Waals surface area contributed by atoms with Gasteiger partial charge in [-0.15, -0.1) is 0 Å². The fourth-order valence-corrected chi connectivity index (χ4v) is 1.93. The monoisotopic (exact) mass is 288 g/mol. The number of H-pyrrole nitrogens is 1. The van der Waals surface area contributed by atoms with Gasteiger partial charge in [0.15, 0.2) is 0 Å². The first-order valence-electron chi connectivity index (χ1n) is 4.66. The molecule has 0 saturated carbocycles. The van der Waals surface area contributed by atoms with E-state index >= 15 is 0 Å². The molecule has 1 aromatic rings. The highest BCUT2D eigenvalue weighted by molar-refractivity contribution is 9.10. The van der Waals surface area contributed by atoms with E-state index in [4.69, 9.17) is 0 Å². The number of hydrogen-bond donors (Lipinski definition) is 1. The average molecular weight is 289 g/mol. The molecule has 88 valence electrons. The molecular weight excluding hydrogens is 276 g/mol. The van der Waals surface area contributed by atoms with Crippen molar-refractivity contribution in [3.8, 4) is 0 Å². The van der Waals surface area contributed by atoms with E-state index in [1.807, 2.05) is 20.8 Å². The fraction of sp³-hybridized carbons (Fsp3) is 0.500. The van der Waals surface area contributed by atoms with Crippen molar-refractivity contribution < 1.29 is 9.53 Å². The lowest BCUT2D eigenvalue weighted by Crippen LogP contribution is -2.25. The van der Waals surface area contributed by atoms with Gasteiger partial charge in [0, 0.05) is 5.41 Å². The molecule has 0 aliphatic carbocycles. The lowest BCUT2D eigenvalue weighted by Gasteiger charge is -2.19. The first-order chi connectivity index (χ1) is 7.27. The maximum atomic E-state index is 11.6. The van der Waals surface area contributed by atoms with Crippen molar-refractivity contribution >= 4 is 21.9 Å². The van der Waals surface area contributed by atoms with Crippen LogP contribution in [0.3, 0.4) is 0 Å². The zero-order valence-corrected chi connectivity index (χ0v) is 11.1. The third kappa shape index (κ3) is 2.49. The molecule has 0 spiro atoms. The Morgan fingerprint density at radius 1 is 1.44 bits per heavy atom. The maximum absolute atomic E-state index is 11.6. The summed E-state index contributed by atoms with van der Waals surface area (Å²) in [4.78, 5) is 29.3. The number of nitrogens with one attached hydrogen (secondary N) is 1. The summed E-state index contributed by atoms with van der Waals surface area (Å²) in [6.07, 6.45) is 0. The van der Waals surface area contributed by atoms with Gasteiger partial charge < -0.3 is 4.74 Å². The van der Waals surface area contributed by atoms with Crippen molar-refractivity contribution in [1.82, 2.24) is 9.97 Å². The van der Waals surface area contributed by atoms with Gasteiger partial charge in [-0.05, 0) is 15.9 Å². The van der Waals surface area contributed by atoms with Crippen molar-refractivity contribution in [3.05, 3.63) is 26.3 Å². The van der Waals surface area contributed by atoms with Gasteiger partial charge in [0.2, 0.25) is 5.82 Å². The van der Waals surface area contributed by atoms with Gasteiger partial charge in [-0.25, -0.2) is 9.78 Å². The lowest BCUT2D eigenvalue weighted by molar-refractivity contribution is 0.0585. The molecule has 1 aromatic heterocycles. The molecule has 16 heavy (non-hydrogen) atoms. The molecule has 0 aliphatic heterocycles. The van der Waals surface area contributed by atoms with Crippen LogP contribution in [0, 0.1) is 0 Å². The molecular formula is C10H13BrN2O3. The molecule has 1 N–H and O–H groups in total. The van der Waals surface area contributed by atoms with E-state index in [0.717, 1.165) is 0 Å². The van der Waals surface area contributed by atoms with Gasteiger partial charge in [0.25, 0.3) is 5.56 Å². The Bertz CT molecular complexity index is 474. The second-order valence-corrected chi connectivity index (χ2v) is 5.11. The lowest BCUT2D eigenvalue weighted by atomic mass is 9.92. The quantitative estimate of drug-likeness (QED) is 0.797. The SMILES string of the molecule is COC(=O)c1nc(C(C)(C)C)c(Br)c(=O)[nH]1. The van der Waals surface area contributed by atoms with E-state index in [-0.39, 0.29) is 16.8 Å². The predicted molar refractivity (Wildman–Crippen MR) is 62.6 cm³/mol. The van der Waals surface area contributed by atoms with Gasteiger partial charge in [-0.2, -0.15) is 0 Å². The molecule has 0 radical (unpaired) electrons. The number of hydrogen-bond acceptors (Lipinski definition) is 4. The summed E-state index contributed by atoms with van der Waals surface area (Å²) in [7, 11) is 1.24. The highest BCUT2D eigenvalue weighted by atomic mass is 79.9. The summed E-state index contributed by atoms with van der Waals surface area (Å²) >= 11 is 3.16. The summed E-state index contributed by atoms with van der Waals surface area (Å²) in [5, 5.41) is 0. The van der Waals surface area contributed by atoms with E-state index in [1.54, 1.807) is 0 Å². The predicted octanol–water partition coefficient (Wildman–Crippen LogP) is 1.62. The van der Waals surface area contributed by atoms with Crippen LogP contribution in [-0.2, 0) is 10.2 Å². The molecule has 5 nitrogen and oxygen atoms in total. The topological polar surface area (TPSA) is 72.0 Å². The average Bonchev–Trinajstić information content (AvgIpc) is 2.18. The maximum Gasteiger partial charge on any atom is 0.374 e. The van der Waals surface area contributed by atoms with Gasteiger partial charge in [0.05, 0.1) is 12.8 Å². The second kappa shape index (κ2) is 4.37. The number of aromatic nitrogens is 2. The number of nitrogens with zero attached hydrogens (tertiary/aromatic N) is 1. The second-order valence-electron chi connectivity index (χ2n) is 4.32. The number of methoxy groups -OCH3 is 1. The van der Waals surface area contributed by atoms with Crippen LogP contribution < -0.4 is 5.56 Å². The number of ether oxygens (including phenoxy) is 1. The third-order valence-corrected chi connectivity index (χ3v) is 2.69. The van der Waals surface area contributed by atoms with Crippen molar-refractivity contribution in [1.29, 1.82) is 0 Å². The first-order valence-corrected chi connectivity index (χ1v) is 5.45. The standard InChI is InChI=1S/C10H13BrN2O3/c1-10(2,3)6-5(11)8(14)13-7(12-6)9(15)16-4/h1-4H3,(H,12,13,14). The van der Waals surface area contributed by atoms with Crippen LogP contribution in [0.1, 0.15) is 37.1 Å². The van der Waals surface area contributed by atoms with Crippen molar-refractivity contribution in [2.24, 2.45) is 0 Å². The molecule has 0 unspecified atom stereocenters. The molecule has 1 rings (SSSR count). The van der Waals surface area contributed by atoms with Crippen molar-refractivity contribution in [2.45, 2.75) is 26.2 Å². The number of aromatic amines is 1. The zero-order chi connectivity index (χ0) is 12.5. The van der Waals surface area contributed by atoms with E-state index in [1.165, 1.54) is 7.11 Å². The number of halogens is 1. The number of carbonyl (C=O) groups is 1. The van der Waals surface area contributed by atoms with Crippen LogP contribution in [0.5, 0.6) is 0 Å². The molecule has 0 atom stereocenters. The number of esters is 1. The normalized spacial score (nSPS) is 11.3. The summed E-state index contributed by atoms with van der Waals surface area (Å²) in [5.41, 5.74) is -0.201. The van der Waals surface area contributed by atoms with E-state index in [2.05, 4.69) is 30.6 Å². The third-order valence-electron chi connectivity index (χ3n) is 1.95. The van der Waals surface area contributed by atoms with Gasteiger partial charge in [-0.1, -0.05) is 20.8 Å². The van der Waals surface area contributed by atoms with Crippen LogP contribution in [0.2, 0.25) is 0 Å². The molecule has 0 saturated heterocycles. The minimum atomic E-state index is -0.657. The van der Waals surface area contributed by atoms with Crippen LogP contribution in [-0.4, -0.2) is 23.0 Å². The zero-order valence-electron chi connectivity index (χ0n) is 9.55. The van der Waals surface area contributed by atoms with Crippen LogP contribution in [0.4, 0.5) is 0 Å². The Morgan fingerprint density at radius 3 is 2.44 bits per heavy atom. The van der Waals surface area contributed by atoms with Crippen molar-refractivity contribution in [2.75, 3.05) is 7.11 Å². The highest BCUT2D eigenvalue weighted by Crippen LogP contribution is 2.25.